The predicted octanol–water partition coefficient (Wildman–Crippen LogP) is 2.83. The number of benzene rings is 1. The van der Waals surface area contributed by atoms with Crippen LogP contribution < -0.4 is 10.5 Å². The van der Waals surface area contributed by atoms with Gasteiger partial charge in [0.25, 0.3) is 0 Å². The van der Waals surface area contributed by atoms with Crippen molar-refractivity contribution >= 4 is 11.6 Å². The third-order valence-corrected chi connectivity index (χ3v) is 3.86. The second-order valence-corrected chi connectivity index (χ2v) is 5.11. The zero-order chi connectivity index (χ0) is 13.1. The normalized spacial score (nSPS) is 16.9. The maximum Gasteiger partial charge on any atom is 0.137 e. The summed E-state index contributed by atoms with van der Waals surface area (Å²) in [5.41, 5.74) is 7.13. The first-order valence-corrected chi connectivity index (χ1v) is 6.88. The lowest BCUT2D eigenvalue weighted by molar-refractivity contribution is 0.202. The number of hydrogen-bond donors (Lipinski definition) is 1. The van der Waals surface area contributed by atoms with Crippen LogP contribution in [0, 0.1) is 0 Å². The van der Waals surface area contributed by atoms with Crippen molar-refractivity contribution in [3.05, 3.63) is 28.8 Å². The van der Waals surface area contributed by atoms with Crippen LogP contribution in [0.5, 0.6) is 5.75 Å². The quantitative estimate of drug-likeness (QED) is 0.862. The number of methoxy groups -OCH3 is 1. The van der Waals surface area contributed by atoms with Crippen molar-refractivity contribution in [1.29, 1.82) is 0 Å². The van der Waals surface area contributed by atoms with E-state index in [1.165, 1.54) is 18.4 Å². The Bertz CT molecular complexity index is 407. The molecule has 0 aliphatic heterocycles. The fourth-order valence-corrected chi connectivity index (χ4v) is 2.76. The van der Waals surface area contributed by atoms with Crippen LogP contribution in [0.15, 0.2) is 18.2 Å². The zero-order valence-electron chi connectivity index (χ0n) is 11.0. The van der Waals surface area contributed by atoms with E-state index >= 15 is 0 Å². The van der Waals surface area contributed by atoms with Gasteiger partial charge in [-0.25, -0.2) is 0 Å². The van der Waals surface area contributed by atoms with Gasteiger partial charge in [-0.15, -0.1) is 0 Å². The zero-order valence-corrected chi connectivity index (χ0v) is 11.8. The standard InChI is InChI=1S/C14H21ClN2O/c1-3-17(11-5-6-11)13(9-16)10-4-7-14(18-2)12(15)8-10/h4,7-8,11,13H,3,5-6,9,16H2,1-2H3. The van der Waals surface area contributed by atoms with Gasteiger partial charge in [-0.3, -0.25) is 4.90 Å². The lowest BCUT2D eigenvalue weighted by Gasteiger charge is -2.30. The Labute approximate surface area is 114 Å². The van der Waals surface area contributed by atoms with Crippen LogP contribution in [-0.4, -0.2) is 31.1 Å². The maximum absolute atomic E-state index is 6.19. The Morgan fingerprint density at radius 1 is 1.50 bits per heavy atom. The molecule has 3 nitrogen and oxygen atoms in total. The molecular weight excluding hydrogens is 248 g/mol. The summed E-state index contributed by atoms with van der Waals surface area (Å²) in [5, 5.41) is 0.653. The van der Waals surface area contributed by atoms with Crippen molar-refractivity contribution in [1.82, 2.24) is 4.90 Å². The third-order valence-electron chi connectivity index (χ3n) is 3.57. The van der Waals surface area contributed by atoms with Gasteiger partial charge in [0.1, 0.15) is 5.75 Å². The summed E-state index contributed by atoms with van der Waals surface area (Å²) in [6.45, 7) is 3.83. The molecule has 1 aliphatic carbocycles. The molecule has 18 heavy (non-hydrogen) atoms. The number of nitrogens with two attached hydrogens (primary N) is 1. The monoisotopic (exact) mass is 268 g/mol. The summed E-state index contributed by atoms with van der Waals surface area (Å²) >= 11 is 6.19. The summed E-state index contributed by atoms with van der Waals surface area (Å²) in [6, 6.07) is 6.91. The fraction of sp³-hybridized carbons (Fsp3) is 0.571. The van der Waals surface area contributed by atoms with E-state index in [1.54, 1.807) is 7.11 Å². The van der Waals surface area contributed by atoms with Crippen LogP contribution >= 0.6 is 11.6 Å². The van der Waals surface area contributed by atoms with E-state index in [1.807, 2.05) is 12.1 Å². The van der Waals surface area contributed by atoms with Crippen LogP contribution in [0.3, 0.4) is 0 Å². The van der Waals surface area contributed by atoms with Gasteiger partial charge in [-0.05, 0) is 37.1 Å². The molecule has 1 fully saturated rings. The van der Waals surface area contributed by atoms with Crippen LogP contribution in [0.1, 0.15) is 31.4 Å². The van der Waals surface area contributed by atoms with Gasteiger partial charge >= 0.3 is 0 Å². The molecule has 2 N–H and O–H groups in total. The Kier molecular flexibility index (Phi) is 4.49. The molecule has 0 aromatic heterocycles. The highest BCUT2D eigenvalue weighted by atomic mass is 35.5. The van der Waals surface area contributed by atoms with Gasteiger partial charge < -0.3 is 10.5 Å². The highest BCUT2D eigenvalue weighted by Crippen LogP contribution is 2.35. The summed E-state index contributed by atoms with van der Waals surface area (Å²) < 4.78 is 5.18. The van der Waals surface area contributed by atoms with Crippen molar-refractivity contribution in [2.45, 2.75) is 31.8 Å². The average molecular weight is 269 g/mol. The molecule has 1 aromatic carbocycles. The van der Waals surface area contributed by atoms with Crippen LogP contribution in [0.4, 0.5) is 0 Å². The van der Waals surface area contributed by atoms with Crippen LogP contribution in [0.2, 0.25) is 5.02 Å². The van der Waals surface area contributed by atoms with Gasteiger partial charge in [0, 0.05) is 18.6 Å². The topological polar surface area (TPSA) is 38.5 Å². The van der Waals surface area contributed by atoms with Gasteiger partial charge in [-0.2, -0.15) is 0 Å². The number of ether oxygens (including phenoxy) is 1. The summed E-state index contributed by atoms with van der Waals surface area (Å²) in [6.07, 6.45) is 2.57. The minimum Gasteiger partial charge on any atom is -0.495 e. The van der Waals surface area contributed by atoms with Crippen molar-refractivity contribution in [3.8, 4) is 5.75 Å². The Balaban J connectivity index is 2.23. The molecule has 0 heterocycles. The first-order valence-electron chi connectivity index (χ1n) is 6.50. The molecule has 1 atom stereocenters. The highest BCUT2D eigenvalue weighted by Gasteiger charge is 2.33. The summed E-state index contributed by atoms with van der Waals surface area (Å²) in [7, 11) is 1.63. The maximum atomic E-state index is 6.19. The smallest absolute Gasteiger partial charge is 0.137 e. The molecule has 1 saturated carbocycles. The molecule has 2 rings (SSSR count). The average Bonchev–Trinajstić information content (AvgIpc) is 3.20. The molecule has 100 valence electrons. The van der Waals surface area contributed by atoms with E-state index in [0.717, 1.165) is 6.54 Å². The second kappa shape index (κ2) is 5.91. The Hall–Kier alpha value is -0.770. The van der Waals surface area contributed by atoms with Crippen LogP contribution in [0.25, 0.3) is 0 Å². The molecule has 1 aliphatic rings. The molecule has 1 aromatic rings. The minimum atomic E-state index is 0.255. The number of rotatable bonds is 6. The lowest BCUT2D eigenvalue weighted by atomic mass is 10.0. The summed E-state index contributed by atoms with van der Waals surface area (Å²) in [4.78, 5) is 2.47. The number of hydrogen-bond acceptors (Lipinski definition) is 3. The minimum absolute atomic E-state index is 0.255. The van der Waals surface area contributed by atoms with Gasteiger partial charge in [0.05, 0.1) is 12.1 Å². The third kappa shape index (κ3) is 2.79. The predicted molar refractivity (Wildman–Crippen MR) is 75.2 cm³/mol. The number of halogens is 1. The van der Waals surface area contributed by atoms with E-state index in [9.17, 15) is 0 Å². The van der Waals surface area contributed by atoms with E-state index < -0.39 is 0 Å². The van der Waals surface area contributed by atoms with Crippen molar-refractivity contribution in [3.63, 3.8) is 0 Å². The molecule has 1 unspecified atom stereocenters. The first-order chi connectivity index (χ1) is 8.71. The largest absolute Gasteiger partial charge is 0.495 e. The molecule has 0 saturated heterocycles. The number of nitrogens with zero attached hydrogens (tertiary/aromatic N) is 1. The van der Waals surface area contributed by atoms with Gasteiger partial charge in [-0.1, -0.05) is 24.6 Å². The van der Waals surface area contributed by atoms with E-state index in [2.05, 4.69) is 17.9 Å². The molecule has 0 spiro atoms. The van der Waals surface area contributed by atoms with Crippen molar-refractivity contribution in [2.24, 2.45) is 5.73 Å². The lowest BCUT2D eigenvalue weighted by Crippen LogP contribution is -2.35. The Morgan fingerprint density at radius 3 is 2.67 bits per heavy atom. The van der Waals surface area contributed by atoms with E-state index in [0.29, 0.717) is 23.4 Å². The fourth-order valence-electron chi connectivity index (χ4n) is 2.49. The van der Waals surface area contributed by atoms with E-state index in [4.69, 9.17) is 22.1 Å². The molecule has 0 amide bonds. The first kappa shape index (κ1) is 13.7. The molecular formula is C14H21ClN2O. The molecule has 4 heteroatoms. The SMILES string of the molecule is CCN(C1CC1)C(CN)c1ccc(OC)c(Cl)c1. The van der Waals surface area contributed by atoms with Crippen LogP contribution in [-0.2, 0) is 0 Å². The van der Waals surface area contributed by atoms with Crippen molar-refractivity contribution in [2.75, 3.05) is 20.2 Å². The Morgan fingerprint density at radius 2 is 2.22 bits per heavy atom. The summed E-state index contributed by atoms with van der Waals surface area (Å²) in [5.74, 6) is 0.714. The second-order valence-electron chi connectivity index (χ2n) is 4.71. The highest BCUT2D eigenvalue weighted by molar-refractivity contribution is 6.32. The van der Waals surface area contributed by atoms with E-state index in [-0.39, 0.29) is 6.04 Å². The van der Waals surface area contributed by atoms with Gasteiger partial charge in [0.2, 0.25) is 0 Å². The van der Waals surface area contributed by atoms with Crippen molar-refractivity contribution < 1.29 is 4.74 Å². The molecule has 0 radical (unpaired) electrons. The van der Waals surface area contributed by atoms with Gasteiger partial charge in [0.15, 0.2) is 0 Å². The molecule has 0 bridgehead atoms. The number of likely N-dealkylation sites (N-methyl/N-ethyl adjacent to an activating group) is 1.